The molecule has 1 aromatic carbocycles. The van der Waals surface area contributed by atoms with E-state index in [-0.39, 0.29) is 0 Å². The lowest BCUT2D eigenvalue weighted by Gasteiger charge is -2.37. The highest BCUT2D eigenvalue weighted by Crippen LogP contribution is 2.24. The topological polar surface area (TPSA) is 73.1 Å². The molecule has 0 saturated heterocycles. The maximum absolute atomic E-state index is 10.1. The van der Waals surface area contributed by atoms with Gasteiger partial charge in [-0.05, 0) is 45.4 Å². The van der Waals surface area contributed by atoms with Gasteiger partial charge in [-0.1, -0.05) is 23.7 Å². The van der Waals surface area contributed by atoms with Crippen LogP contribution in [0.3, 0.4) is 0 Å². The van der Waals surface area contributed by atoms with Gasteiger partial charge in [0.2, 0.25) is 5.82 Å². The minimum atomic E-state index is -0.942. The van der Waals surface area contributed by atoms with Gasteiger partial charge in [-0.15, -0.1) is 10.2 Å². The molecule has 0 aliphatic rings. The van der Waals surface area contributed by atoms with Crippen LogP contribution >= 0.6 is 0 Å². The van der Waals surface area contributed by atoms with E-state index in [9.17, 15) is 5.11 Å². The third kappa shape index (κ3) is 3.54. The van der Waals surface area contributed by atoms with Crippen LogP contribution in [-0.4, -0.2) is 44.0 Å². The third-order valence-electron chi connectivity index (χ3n) is 3.96. The average Bonchev–Trinajstić information content (AvgIpc) is 2.81. The molecule has 1 N–H and O–H groups in total. The third-order valence-corrected chi connectivity index (χ3v) is 3.96. The molecule has 0 aliphatic heterocycles. The van der Waals surface area contributed by atoms with Gasteiger partial charge in [0, 0.05) is 5.56 Å². The summed E-state index contributed by atoms with van der Waals surface area (Å²) in [7, 11) is 3.40. The van der Waals surface area contributed by atoms with Crippen molar-refractivity contribution in [3.8, 4) is 11.4 Å². The number of aromatic nitrogens is 4. The van der Waals surface area contributed by atoms with Crippen molar-refractivity contribution in [1.82, 2.24) is 20.2 Å². The molecule has 7 heteroatoms. The van der Waals surface area contributed by atoms with E-state index in [1.54, 1.807) is 28.4 Å². The number of hydrogen-bond donors (Lipinski definition) is 1. The summed E-state index contributed by atoms with van der Waals surface area (Å²) in [5, 5.41) is 22.2. The lowest BCUT2D eigenvalue weighted by molar-refractivity contribution is -0.0893. The summed E-state index contributed by atoms with van der Waals surface area (Å²) in [4.78, 5) is 1.43. The van der Waals surface area contributed by atoms with Gasteiger partial charge in [0.15, 0.2) is 0 Å². The SMILES string of the molecule is Cc1cc([B]OC(C)(C)C(C)(C)O)ccc1-c1nnn(C)n1. The number of tetrazole rings is 1. The van der Waals surface area contributed by atoms with Crippen molar-refractivity contribution in [2.75, 3.05) is 0 Å². The van der Waals surface area contributed by atoms with Crippen molar-refractivity contribution in [3.05, 3.63) is 23.8 Å². The maximum atomic E-state index is 10.1. The Morgan fingerprint density at radius 1 is 1.23 bits per heavy atom. The molecule has 0 aliphatic carbocycles. The van der Waals surface area contributed by atoms with Crippen LogP contribution in [0.15, 0.2) is 18.2 Å². The zero-order chi connectivity index (χ0) is 16.5. The van der Waals surface area contributed by atoms with Crippen LogP contribution in [-0.2, 0) is 11.7 Å². The van der Waals surface area contributed by atoms with Crippen LogP contribution in [0.2, 0.25) is 0 Å². The normalized spacial score (nSPS) is 12.5. The Morgan fingerprint density at radius 2 is 1.91 bits per heavy atom. The van der Waals surface area contributed by atoms with E-state index in [1.807, 2.05) is 39.0 Å². The zero-order valence-electron chi connectivity index (χ0n) is 14.0. The Bertz CT molecular complexity index is 662. The minimum Gasteiger partial charge on any atom is -0.427 e. The predicted octanol–water partition coefficient (Wildman–Crippen LogP) is 0.996. The quantitative estimate of drug-likeness (QED) is 0.834. The molecule has 2 aromatic rings. The fraction of sp³-hybridized carbons (Fsp3) is 0.533. The molecular weight excluding hydrogens is 279 g/mol. The number of benzene rings is 1. The smallest absolute Gasteiger partial charge is 0.330 e. The molecule has 1 heterocycles. The molecule has 1 aromatic heterocycles. The summed E-state index contributed by atoms with van der Waals surface area (Å²) in [5.41, 5.74) is 1.26. The monoisotopic (exact) mass is 301 g/mol. The molecule has 0 amide bonds. The summed E-state index contributed by atoms with van der Waals surface area (Å²) >= 11 is 0. The van der Waals surface area contributed by atoms with Gasteiger partial charge in [-0.3, -0.25) is 0 Å². The van der Waals surface area contributed by atoms with E-state index in [0.717, 1.165) is 16.6 Å². The molecule has 0 unspecified atom stereocenters. The molecule has 0 atom stereocenters. The summed E-state index contributed by atoms with van der Waals surface area (Å²) in [6.07, 6.45) is 0. The molecule has 6 nitrogen and oxygen atoms in total. The number of hydrogen-bond acceptors (Lipinski definition) is 5. The fourth-order valence-electron chi connectivity index (χ4n) is 1.76. The van der Waals surface area contributed by atoms with E-state index in [0.29, 0.717) is 5.82 Å². The van der Waals surface area contributed by atoms with Crippen LogP contribution in [0.5, 0.6) is 0 Å². The number of aryl methyl sites for hydroxylation is 2. The number of nitrogens with zero attached hydrogens (tertiary/aromatic N) is 4. The molecular formula is C15H22BN4O2. The van der Waals surface area contributed by atoms with Gasteiger partial charge in [-0.25, -0.2) is 0 Å². The highest BCUT2D eigenvalue weighted by molar-refractivity contribution is 6.47. The van der Waals surface area contributed by atoms with Crippen LogP contribution in [0.1, 0.15) is 33.3 Å². The molecule has 22 heavy (non-hydrogen) atoms. The Hall–Kier alpha value is -1.73. The van der Waals surface area contributed by atoms with Crippen molar-refractivity contribution in [3.63, 3.8) is 0 Å². The molecule has 0 bridgehead atoms. The largest absolute Gasteiger partial charge is 0.427 e. The second-order valence-corrected chi connectivity index (χ2v) is 6.48. The Balaban J connectivity index is 2.14. The molecule has 2 rings (SSSR count). The van der Waals surface area contributed by atoms with Crippen molar-refractivity contribution in [2.45, 2.75) is 45.8 Å². The molecule has 117 valence electrons. The van der Waals surface area contributed by atoms with Gasteiger partial charge >= 0.3 is 7.48 Å². The second-order valence-electron chi connectivity index (χ2n) is 6.48. The van der Waals surface area contributed by atoms with Crippen LogP contribution in [0.25, 0.3) is 11.4 Å². The summed E-state index contributed by atoms with van der Waals surface area (Å²) < 4.78 is 5.76. The maximum Gasteiger partial charge on any atom is 0.330 e. The van der Waals surface area contributed by atoms with Crippen LogP contribution in [0, 0.1) is 6.92 Å². The van der Waals surface area contributed by atoms with Crippen LogP contribution < -0.4 is 5.46 Å². The van der Waals surface area contributed by atoms with E-state index < -0.39 is 11.2 Å². The summed E-state index contributed by atoms with van der Waals surface area (Å²) in [5.74, 6) is 0.601. The predicted molar refractivity (Wildman–Crippen MR) is 85.8 cm³/mol. The van der Waals surface area contributed by atoms with Gasteiger partial charge in [0.25, 0.3) is 0 Å². The first-order valence-corrected chi connectivity index (χ1v) is 7.18. The van der Waals surface area contributed by atoms with E-state index in [4.69, 9.17) is 4.65 Å². The van der Waals surface area contributed by atoms with Gasteiger partial charge in [0.1, 0.15) is 0 Å². The van der Waals surface area contributed by atoms with Crippen molar-refractivity contribution >= 4 is 12.9 Å². The summed E-state index contributed by atoms with van der Waals surface area (Å²) in [6, 6.07) is 5.87. The van der Waals surface area contributed by atoms with E-state index in [1.165, 1.54) is 4.80 Å². The number of rotatable bonds is 5. The first kappa shape index (κ1) is 16.6. The Morgan fingerprint density at radius 3 is 2.41 bits per heavy atom. The number of aliphatic hydroxyl groups is 1. The van der Waals surface area contributed by atoms with Crippen molar-refractivity contribution in [1.29, 1.82) is 0 Å². The van der Waals surface area contributed by atoms with Crippen molar-refractivity contribution < 1.29 is 9.76 Å². The minimum absolute atomic E-state index is 0.601. The van der Waals surface area contributed by atoms with Gasteiger partial charge in [-0.2, -0.15) is 4.80 Å². The van der Waals surface area contributed by atoms with Gasteiger partial charge in [0.05, 0.1) is 18.2 Å². The Labute approximate surface area is 131 Å². The average molecular weight is 301 g/mol. The van der Waals surface area contributed by atoms with E-state index in [2.05, 4.69) is 15.4 Å². The second kappa shape index (κ2) is 5.81. The molecule has 0 saturated carbocycles. The molecule has 0 spiro atoms. The lowest BCUT2D eigenvalue weighted by Crippen LogP contribution is -2.49. The fourth-order valence-corrected chi connectivity index (χ4v) is 1.76. The lowest BCUT2D eigenvalue weighted by atomic mass is 9.81. The van der Waals surface area contributed by atoms with Crippen LogP contribution in [0.4, 0.5) is 0 Å². The zero-order valence-corrected chi connectivity index (χ0v) is 14.0. The van der Waals surface area contributed by atoms with E-state index >= 15 is 0 Å². The highest BCUT2D eigenvalue weighted by atomic mass is 16.5. The first-order valence-electron chi connectivity index (χ1n) is 7.18. The molecule has 1 radical (unpaired) electrons. The highest BCUT2D eigenvalue weighted by Gasteiger charge is 2.35. The first-order chi connectivity index (χ1) is 10.1. The van der Waals surface area contributed by atoms with Crippen molar-refractivity contribution in [2.24, 2.45) is 7.05 Å². The summed E-state index contributed by atoms with van der Waals surface area (Å²) in [6.45, 7) is 9.16. The van der Waals surface area contributed by atoms with Gasteiger partial charge < -0.3 is 9.76 Å². The Kier molecular flexibility index (Phi) is 4.40. The standard InChI is InChI=1S/C15H22BN4O2/c1-10-9-11(16-22-15(4,5)14(2,3)21)7-8-12(10)13-17-19-20(6)18-13/h7-9,21H,1-6H3. The molecule has 0 fully saturated rings.